The van der Waals surface area contributed by atoms with Crippen LogP contribution in [0.2, 0.25) is 0 Å². The number of aliphatic carboxylic acids is 1. The number of amides is 1. The van der Waals surface area contributed by atoms with Gasteiger partial charge in [-0.05, 0) is 55.3 Å². The summed E-state index contributed by atoms with van der Waals surface area (Å²) in [7, 11) is 0. The summed E-state index contributed by atoms with van der Waals surface area (Å²) >= 11 is 6.07. The van der Waals surface area contributed by atoms with Crippen LogP contribution in [0.15, 0.2) is 52.3 Å². The van der Waals surface area contributed by atoms with Gasteiger partial charge in [-0.1, -0.05) is 36.1 Å². The van der Waals surface area contributed by atoms with Crippen molar-refractivity contribution in [3.05, 3.63) is 74.5 Å². The molecule has 3 heterocycles. The molecule has 32 heavy (non-hydrogen) atoms. The number of nitrogens with zero attached hydrogens (tertiary/aromatic N) is 3. The van der Waals surface area contributed by atoms with E-state index in [2.05, 4.69) is 4.98 Å². The number of carbonyl (C=O) groups excluding carboxylic acids is 1. The molecule has 0 bridgehead atoms. The van der Waals surface area contributed by atoms with Crippen molar-refractivity contribution < 1.29 is 19.4 Å². The Kier molecular flexibility index (Phi) is 5.81. The zero-order valence-electron chi connectivity index (χ0n) is 17.1. The molecule has 0 radical (unpaired) electrons. The highest BCUT2D eigenvalue weighted by Gasteiger charge is 2.34. The Labute approximate surface area is 192 Å². The van der Waals surface area contributed by atoms with Crippen LogP contribution in [0, 0.1) is 13.8 Å². The van der Waals surface area contributed by atoms with Gasteiger partial charge in [-0.3, -0.25) is 23.7 Å². The maximum absolute atomic E-state index is 13.2. The summed E-state index contributed by atoms with van der Waals surface area (Å²) < 4.78 is 7.44. The van der Waals surface area contributed by atoms with Crippen molar-refractivity contribution >= 4 is 51.9 Å². The first-order chi connectivity index (χ1) is 15.2. The third-order valence-corrected chi connectivity index (χ3v) is 5.96. The number of carbonyl (C=O) groups is 2. The second-order valence-corrected chi connectivity index (χ2v) is 8.83. The number of aryl methyl sites for hydroxylation is 2. The molecule has 0 spiro atoms. The Morgan fingerprint density at radius 1 is 1.22 bits per heavy atom. The first-order valence-electron chi connectivity index (χ1n) is 9.47. The number of rotatable bonds is 5. The minimum absolute atomic E-state index is 0.0368. The van der Waals surface area contributed by atoms with Gasteiger partial charge in [0.2, 0.25) is 5.88 Å². The summed E-state index contributed by atoms with van der Waals surface area (Å²) in [6, 6.07) is 10.7. The number of thiocarbonyl (C=S) groups is 1. The predicted octanol–water partition coefficient (Wildman–Crippen LogP) is 3.39. The highest BCUT2D eigenvalue weighted by molar-refractivity contribution is 8.26. The van der Waals surface area contributed by atoms with Crippen LogP contribution in [0.25, 0.3) is 11.7 Å². The molecule has 1 aliphatic heterocycles. The average molecular weight is 468 g/mol. The highest BCUT2D eigenvalue weighted by Crippen LogP contribution is 2.34. The Morgan fingerprint density at radius 2 is 1.94 bits per heavy atom. The summed E-state index contributed by atoms with van der Waals surface area (Å²) in [5.41, 5.74) is 1.97. The van der Waals surface area contributed by atoms with Gasteiger partial charge < -0.3 is 9.84 Å². The molecule has 1 aromatic carbocycles. The van der Waals surface area contributed by atoms with E-state index in [-0.39, 0.29) is 20.7 Å². The van der Waals surface area contributed by atoms with Gasteiger partial charge in [0.25, 0.3) is 11.5 Å². The topological polar surface area (TPSA) is 101 Å². The van der Waals surface area contributed by atoms with Gasteiger partial charge in [-0.15, -0.1) is 0 Å². The molecule has 3 aromatic rings. The molecular weight excluding hydrogens is 450 g/mol. The molecule has 4 rings (SSSR count). The fourth-order valence-electron chi connectivity index (χ4n) is 3.29. The Hall–Kier alpha value is -3.50. The summed E-state index contributed by atoms with van der Waals surface area (Å²) in [6.07, 6.45) is 2.92. The molecule has 162 valence electrons. The van der Waals surface area contributed by atoms with Gasteiger partial charge in [-0.25, -0.2) is 0 Å². The number of carboxylic acid groups (broad SMARTS) is 1. The molecule has 10 heteroatoms. The van der Waals surface area contributed by atoms with E-state index in [0.29, 0.717) is 11.4 Å². The van der Waals surface area contributed by atoms with E-state index in [1.165, 1.54) is 10.5 Å². The Balaban J connectivity index is 1.85. The van der Waals surface area contributed by atoms with E-state index in [4.69, 9.17) is 22.1 Å². The van der Waals surface area contributed by atoms with Gasteiger partial charge in [-0.2, -0.15) is 4.98 Å². The maximum Gasteiger partial charge on any atom is 0.323 e. The molecule has 0 saturated carbocycles. The van der Waals surface area contributed by atoms with E-state index in [0.717, 1.165) is 27.8 Å². The Morgan fingerprint density at radius 3 is 2.62 bits per heavy atom. The van der Waals surface area contributed by atoms with E-state index in [1.54, 1.807) is 24.4 Å². The van der Waals surface area contributed by atoms with Gasteiger partial charge in [0.05, 0.1) is 4.91 Å². The number of hydrogen-bond acceptors (Lipinski definition) is 7. The average Bonchev–Trinajstić information content (AvgIpc) is 2.97. The standard InChI is InChI=1S/C22H17N3O5S2/c1-12-7-13(2)9-14(8-12)30-19-15(20(28)24-6-4-3-5-17(24)23-19)10-16-21(29)25(11-18(26)27)22(31)32-16/h3-10H,11H2,1-2H3,(H,26,27)/b16-10-. The van der Waals surface area contributed by atoms with E-state index in [1.807, 2.05) is 32.0 Å². The van der Waals surface area contributed by atoms with E-state index >= 15 is 0 Å². The summed E-state index contributed by atoms with van der Waals surface area (Å²) in [6.45, 7) is 3.30. The number of benzene rings is 1. The summed E-state index contributed by atoms with van der Waals surface area (Å²) in [5.74, 6) is -1.23. The lowest BCUT2D eigenvalue weighted by molar-refractivity contribution is -0.140. The lowest BCUT2D eigenvalue weighted by atomic mass is 10.1. The van der Waals surface area contributed by atoms with Crippen molar-refractivity contribution in [2.45, 2.75) is 13.8 Å². The fourth-order valence-corrected chi connectivity index (χ4v) is 4.53. The number of pyridine rings is 1. The smallest absolute Gasteiger partial charge is 0.323 e. The molecule has 0 atom stereocenters. The van der Waals surface area contributed by atoms with Crippen LogP contribution in [0.1, 0.15) is 16.7 Å². The van der Waals surface area contributed by atoms with E-state index < -0.39 is 24.0 Å². The second kappa shape index (κ2) is 8.56. The van der Waals surface area contributed by atoms with Crippen molar-refractivity contribution in [2.24, 2.45) is 0 Å². The maximum atomic E-state index is 13.2. The molecule has 1 amide bonds. The number of thioether (sulfide) groups is 1. The van der Waals surface area contributed by atoms with Crippen molar-refractivity contribution in [1.82, 2.24) is 14.3 Å². The lowest BCUT2D eigenvalue weighted by Crippen LogP contribution is -2.33. The van der Waals surface area contributed by atoms with Crippen LogP contribution in [-0.4, -0.2) is 42.1 Å². The molecule has 0 aliphatic carbocycles. The van der Waals surface area contributed by atoms with Crippen LogP contribution < -0.4 is 10.3 Å². The SMILES string of the molecule is Cc1cc(C)cc(Oc2nc3ccccn3c(=O)c2/C=C2\SC(=S)N(CC(=O)O)C2=O)c1. The minimum Gasteiger partial charge on any atom is -0.480 e. The monoisotopic (exact) mass is 467 g/mol. The predicted molar refractivity (Wildman–Crippen MR) is 125 cm³/mol. The summed E-state index contributed by atoms with van der Waals surface area (Å²) in [5, 5.41) is 9.04. The van der Waals surface area contributed by atoms with Crippen LogP contribution in [-0.2, 0) is 9.59 Å². The molecular formula is C22H17N3O5S2. The van der Waals surface area contributed by atoms with Gasteiger partial charge in [0, 0.05) is 6.20 Å². The number of ether oxygens (including phenoxy) is 1. The zero-order valence-corrected chi connectivity index (χ0v) is 18.7. The number of fused-ring (bicyclic) bond motifs is 1. The third kappa shape index (κ3) is 4.27. The van der Waals surface area contributed by atoms with E-state index in [9.17, 15) is 14.4 Å². The molecule has 1 saturated heterocycles. The first kappa shape index (κ1) is 21.7. The molecule has 2 aromatic heterocycles. The van der Waals surface area contributed by atoms with Gasteiger partial charge in [0.1, 0.15) is 27.8 Å². The molecule has 1 fully saturated rings. The molecule has 0 unspecified atom stereocenters. The third-order valence-electron chi connectivity index (χ3n) is 4.59. The van der Waals surface area contributed by atoms with Crippen LogP contribution >= 0.6 is 24.0 Å². The normalized spacial score (nSPS) is 15.1. The number of hydrogen-bond donors (Lipinski definition) is 1. The molecule has 1 aliphatic rings. The van der Waals surface area contributed by atoms with Crippen molar-refractivity contribution in [3.63, 3.8) is 0 Å². The van der Waals surface area contributed by atoms with Crippen LogP contribution in [0.4, 0.5) is 0 Å². The number of aromatic nitrogens is 2. The van der Waals surface area contributed by atoms with Crippen molar-refractivity contribution in [3.8, 4) is 11.6 Å². The zero-order chi connectivity index (χ0) is 23.0. The van der Waals surface area contributed by atoms with Crippen LogP contribution in [0.5, 0.6) is 11.6 Å². The molecule has 8 nitrogen and oxygen atoms in total. The first-order valence-corrected chi connectivity index (χ1v) is 10.7. The Bertz CT molecular complexity index is 1360. The highest BCUT2D eigenvalue weighted by atomic mass is 32.2. The van der Waals surface area contributed by atoms with Crippen molar-refractivity contribution in [1.29, 1.82) is 0 Å². The molecule has 1 N–H and O–H groups in total. The fraction of sp³-hybridized carbons (Fsp3) is 0.136. The summed E-state index contributed by atoms with van der Waals surface area (Å²) in [4.78, 5) is 42.6. The minimum atomic E-state index is -1.19. The number of carboxylic acids is 1. The quantitative estimate of drug-likeness (QED) is 0.450. The van der Waals surface area contributed by atoms with Crippen molar-refractivity contribution in [2.75, 3.05) is 6.54 Å². The largest absolute Gasteiger partial charge is 0.480 e. The van der Waals surface area contributed by atoms with Crippen LogP contribution in [0.3, 0.4) is 0 Å². The lowest BCUT2D eigenvalue weighted by Gasteiger charge is -2.12. The second-order valence-electron chi connectivity index (χ2n) is 7.15. The van der Waals surface area contributed by atoms with Gasteiger partial charge in [0.15, 0.2) is 0 Å². The van der Waals surface area contributed by atoms with Gasteiger partial charge >= 0.3 is 5.97 Å².